The summed E-state index contributed by atoms with van der Waals surface area (Å²) in [6, 6.07) is 19.2. The smallest absolute Gasteiger partial charge is 0.336 e. The monoisotopic (exact) mass is 608 g/mol. The van der Waals surface area contributed by atoms with Crippen molar-refractivity contribution in [3.05, 3.63) is 119 Å². The van der Waals surface area contributed by atoms with Crippen molar-refractivity contribution in [3.8, 4) is 11.1 Å². The van der Waals surface area contributed by atoms with Crippen LogP contribution in [0.3, 0.4) is 0 Å². The van der Waals surface area contributed by atoms with E-state index in [1.165, 1.54) is 29.8 Å². The Hall–Kier alpha value is -4.24. The molecule has 5 nitrogen and oxygen atoms in total. The predicted molar refractivity (Wildman–Crippen MR) is 169 cm³/mol. The molecular weight excluding hydrogens is 568 g/mol. The molecule has 4 rings (SSSR count). The molecule has 0 radical (unpaired) electrons. The van der Waals surface area contributed by atoms with Crippen molar-refractivity contribution in [1.29, 1.82) is 0 Å². The fraction of sp³-hybridized carbons (Fsp3) is 0.314. The van der Waals surface area contributed by atoms with Crippen LogP contribution in [0.5, 0.6) is 0 Å². The van der Waals surface area contributed by atoms with Gasteiger partial charge in [-0.05, 0) is 78.9 Å². The molecule has 9 heteroatoms. The third-order valence-electron chi connectivity index (χ3n) is 7.26. The van der Waals surface area contributed by atoms with Gasteiger partial charge >= 0.3 is 6.18 Å². The Labute approximate surface area is 257 Å². The molecule has 3 aromatic rings. The first kappa shape index (κ1) is 34.3. The zero-order chi connectivity index (χ0) is 32.3. The SMILES string of the molecule is C=C1N=C(C)N(CC(=O)N(CCNC)Cc2ccc(-c3ccc(C(F)(F)F)cc3)cc2)C=C1CC.CCc1ccc(F)cc1. The molecule has 44 heavy (non-hydrogen) atoms. The number of aliphatic imine (C=N–C) groups is 1. The number of carbonyl (C=O) groups is 1. The van der Waals surface area contributed by atoms with E-state index in [-0.39, 0.29) is 18.3 Å². The summed E-state index contributed by atoms with van der Waals surface area (Å²) in [5, 5.41) is 3.08. The molecule has 1 N–H and O–H groups in total. The highest BCUT2D eigenvalue weighted by Gasteiger charge is 2.30. The first-order chi connectivity index (χ1) is 20.9. The molecule has 1 aliphatic rings. The fourth-order valence-electron chi connectivity index (χ4n) is 4.52. The maximum atomic E-state index is 13.2. The molecule has 1 amide bonds. The number of hydrogen-bond acceptors (Lipinski definition) is 4. The molecule has 0 aromatic heterocycles. The maximum absolute atomic E-state index is 13.2. The van der Waals surface area contributed by atoms with Gasteiger partial charge in [0.05, 0.1) is 11.3 Å². The van der Waals surface area contributed by atoms with E-state index in [4.69, 9.17) is 0 Å². The quantitative estimate of drug-likeness (QED) is 0.239. The number of nitrogens with one attached hydrogen (secondary N) is 1. The molecule has 1 aliphatic heterocycles. The molecule has 0 unspecified atom stereocenters. The van der Waals surface area contributed by atoms with Crippen LogP contribution in [0.25, 0.3) is 11.1 Å². The van der Waals surface area contributed by atoms with Crippen molar-refractivity contribution >= 4 is 11.7 Å². The van der Waals surface area contributed by atoms with E-state index in [1.54, 1.807) is 17.0 Å². The van der Waals surface area contributed by atoms with E-state index >= 15 is 0 Å². The van der Waals surface area contributed by atoms with Crippen LogP contribution >= 0.6 is 0 Å². The van der Waals surface area contributed by atoms with Gasteiger partial charge in [0.15, 0.2) is 0 Å². The highest BCUT2D eigenvalue weighted by molar-refractivity contribution is 5.89. The van der Waals surface area contributed by atoms with E-state index < -0.39 is 11.7 Å². The Bertz CT molecular complexity index is 1440. The molecule has 0 spiro atoms. The van der Waals surface area contributed by atoms with E-state index in [0.717, 1.165) is 53.2 Å². The molecule has 0 bridgehead atoms. The summed E-state index contributed by atoms with van der Waals surface area (Å²) in [7, 11) is 1.84. The first-order valence-electron chi connectivity index (χ1n) is 14.6. The summed E-state index contributed by atoms with van der Waals surface area (Å²) in [6.07, 6.45) is -0.654. The molecule has 0 saturated heterocycles. The lowest BCUT2D eigenvalue weighted by molar-refractivity contribution is -0.137. The van der Waals surface area contributed by atoms with Gasteiger partial charge in [0.2, 0.25) is 5.91 Å². The van der Waals surface area contributed by atoms with Crippen molar-refractivity contribution in [2.24, 2.45) is 4.99 Å². The van der Waals surface area contributed by atoms with Gasteiger partial charge < -0.3 is 15.1 Å². The zero-order valence-electron chi connectivity index (χ0n) is 25.7. The largest absolute Gasteiger partial charge is 0.416 e. The number of hydrogen-bond donors (Lipinski definition) is 1. The van der Waals surface area contributed by atoms with Crippen LogP contribution in [0.4, 0.5) is 17.6 Å². The number of amidine groups is 1. The number of halogens is 4. The molecular formula is C35H40F4N4O. The number of aryl methyl sites for hydroxylation is 1. The van der Waals surface area contributed by atoms with E-state index in [2.05, 4.69) is 16.9 Å². The molecule has 3 aromatic carbocycles. The molecule has 0 aliphatic carbocycles. The normalized spacial score (nSPS) is 13.1. The van der Waals surface area contributed by atoms with Crippen molar-refractivity contribution in [3.63, 3.8) is 0 Å². The van der Waals surface area contributed by atoms with E-state index in [0.29, 0.717) is 25.2 Å². The number of allylic oxidation sites excluding steroid dienone is 1. The molecule has 0 saturated carbocycles. The topological polar surface area (TPSA) is 47.9 Å². The second kappa shape index (κ2) is 16.0. The number of amides is 1. The Morgan fingerprint density at radius 3 is 2.00 bits per heavy atom. The van der Waals surface area contributed by atoms with Gasteiger partial charge in [-0.25, -0.2) is 9.38 Å². The lowest BCUT2D eigenvalue weighted by atomic mass is 10.0. The molecule has 0 fully saturated rings. The van der Waals surface area contributed by atoms with Gasteiger partial charge in [-0.15, -0.1) is 0 Å². The highest BCUT2D eigenvalue weighted by Crippen LogP contribution is 2.31. The lowest BCUT2D eigenvalue weighted by Crippen LogP contribution is -2.42. The summed E-state index contributed by atoms with van der Waals surface area (Å²) in [5.74, 6) is 0.544. The second-order valence-corrected chi connectivity index (χ2v) is 10.4. The number of carbonyl (C=O) groups excluding carboxylic acids is 1. The predicted octanol–water partition coefficient (Wildman–Crippen LogP) is 7.85. The van der Waals surface area contributed by atoms with Crippen LogP contribution in [0.2, 0.25) is 0 Å². The summed E-state index contributed by atoms with van der Waals surface area (Å²) in [5.41, 5.74) is 4.69. The number of rotatable bonds is 10. The van der Waals surface area contributed by atoms with Crippen LogP contribution in [-0.4, -0.2) is 48.2 Å². The van der Waals surface area contributed by atoms with Gasteiger partial charge in [0, 0.05) is 25.8 Å². The zero-order valence-corrected chi connectivity index (χ0v) is 25.7. The van der Waals surface area contributed by atoms with Gasteiger partial charge in [0.1, 0.15) is 18.2 Å². The van der Waals surface area contributed by atoms with Gasteiger partial charge in [-0.1, -0.05) is 69.0 Å². The summed E-state index contributed by atoms with van der Waals surface area (Å²) < 4.78 is 50.7. The van der Waals surface area contributed by atoms with Crippen LogP contribution in [-0.2, 0) is 23.9 Å². The van der Waals surface area contributed by atoms with Crippen molar-refractivity contribution < 1.29 is 22.4 Å². The van der Waals surface area contributed by atoms with E-state index in [1.807, 2.05) is 63.2 Å². The van der Waals surface area contributed by atoms with Crippen molar-refractivity contribution in [2.45, 2.75) is 46.3 Å². The van der Waals surface area contributed by atoms with Gasteiger partial charge in [0.25, 0.3) is 0 Å². The number of alkyl halides is 3. The lowest BCUT2D eigenvalue weighted by Gasteiger charge is -2.29. The number of likely N-dealkylation sites (N-methyl/N-ethyl adjacent to an activating group) is 1. The van der Waals surface area contributed by atoms with Crippen molar-refractivity contribution in [2.75, 3.05) is 26.7 Å². The summed E-state index contributed by atoms with van der Waals surface area (Å²) in [6.45, 7) is 11.7. The molecule has 234 valence electrons. The summed E-state index contributed by atoms with van der Waals surface area (Å²) >= 11 is 0. The third kappa shape index (κ3) is 9.91. The second-order valence-electron chi connectivity index (χ2n) is 10.4. The Balaban J connectivity index is 0.000000502. The fourth-order valence-corrected chi connectivity index (χ4v) is 4.52. The van der Waals surface area contributed by atoms with Crippen LogP contribution < -0.4 is 5.32 Å². The van der Waals surface area contributed by atoms with Crippen LogP contribution in [0.1, 0.15) is 43.9 Å². The standard InChI is InChI=1S/C27H31F3N4O.C8H9F/c1-5-22-17-34(20(3)32-19(22)2)18-26(35)33(15-14-31-4)16-21-6-8-23(9-7-21)24-10-12-25(13-11-24)27(28,29)30;1-2-7-3-5-8(9)6-4-7/h6-13,17,31H,2,5,14-16,18H2,1,3-4H3;3-6H,2H2,1H3. The van der Waals surface area contributed by atoms with Gasteiger partial charge in [-0.2, -0.15) is 13.2 Å². The van der Waals surface area contributed by atoms with E-state index in [9.17, 15) is 22.4 Å². The highest BCUT2D eigenvalue weighted by atomic mass is 19.4. The maximum Gasteiger partial charge on any atom is 0.416 e. The van der Waals surface area contributed by atoms with Gasteiger partial charge in [-0.3, -0.25) is 4.79 Å². The Morgan fingerprint density at radius 1 is 0.909 bits per heavy atom. The molecule has 0 atom stereocenters. The Morgan fingerprint density at radius 2 is 1.48 bits per heavy atom. The minimum absolute atomic E-state index is 0.0270. The minimum atomic E-state index is -4.35. The number of nitrogens with zero attached hydrogens (tertiary/aromatic N) is 3. The van der Waals surface area contributed by atoms with Crippen LogP contribution in [0.15, 0.2) is 102 Å². The Kier molecular flexibility index (Phi) is 12.5. The first-order valence-corrected chi connectivity index (χ1v) is 14.6. The minimum Gasteiger partial charge on any atom is -0.336 e. The molecule has 1 heterocycles. The average molecular weight is 609 g/mol. The third-order valence-corrected chi connectivity index (χ3v) is 7.26. The summed E-state index contributed by atoms with van der Waals surface area (Å²) in [4.78, 5) is 21.3. The number of benzene rings is 3. The average Bonchev–Trinajstić information content (AvgIpc) is 3.01. The van der Waals surface area contributed by atoms with Crippen LogP contribution in [0, 0.1) is 5.82 Å². The van der Waals surface area contributed by atoms with Crippen molar-refractivity contribution in [1.82, 2.24) is 15.1 Å².